The fraction of sp³-hybridized carbons (Fsp3) is 0.538. The summed E-state index contributed by atoms with van der Waals surface area (Å²) in [4.78, 5) is 15.8. The summed E-state index contributed by atoms with van der Waals surface area (Å²) in [6.45, 7) is 4.42. The fourth-order valence-electron chi connectivity index (χ4n) is 2.33. The van der Waals surface area contributed by atoms with Crippen LogP contribution in [0.4, 0.5) is 3.89 Å². The molecular formula is C13H17FN2O5S. The molecule has 1 aliphatic heterocycles. The number of hydrogen-bond donors (Lipinski definition) is 1. The zero-order chi connectivity index (χ0) is 16.4. The van der Waals surface area contributed by atoms with Crippen LogP contribution in [0.3, 0.4) is 0 Å². The zero-order valence-electron chi connectivity index (χ0n) is 12.2. The Kier molecular flexibility index (Phi) is 4.66. The van der Waals surface area contributed by atoms with E-state index in [0.717, 1.165) is 12.3 Å². The van der Waals surface area contributed by atoms with Crippen molar-refractivity contribution in [3.63, 3.8) is 0 Å². The molecule has 0 aromatic carbocycles. The molecule has 0 aliphatic carbocycles. The molecule has 1 atom stereocenters. The van der Waals surface area contributed by atoms with E-state index >= 15 is 0 Å². The van der Waals surface area contributed by atoms with E-state index in [4.69, 9.17) is 4.74 Å². The van der Waals surface area contributed by atoms with Crippen LogP contribution >= 0.6 is 0 Å². The lowest BCUT2D eigenvalue weighted by atomic mass is 9.94. The lowest BCUT2D eigenvalue weighted by molar-refractivity contribution is -0.0615. The van der Waals surface area contributed by atoms with Crippen molar-refractivity contribution in [2.24, 2.45) is 0 Å². The number of ether oxygens (including phenoxy) is 1. The zero-order valence-corrected chi connectivity index (χ0v) is 13.0. The summed E-state index contributed by atoms with van der Waals surface area (Å²) in [5.41, 5.74) is -0.229. The molecule has 0 saturated carbocycles. The van der Waals surface area contributed by atoms with Gasteiger partial charge >= 0.3 is 10.5 Å². The van der Waals surface area contributed by atoms with Gasteiger partial charge in [-0.3, -0.25) is 9.78 Å². The summed E-state index contributed by atoms with van der Waals surface area (Å²) >= 11 is 0. The number of nitrogens with one attached hydrogen (secondary N) is 1. The third-order valence-corrected chi connectivity index (χ3v) is 3.59. The van der Waals surface area contributed by atoms with Gasteiger partial charge in [0, 0.05) is 18.8 Å². The van der Waals surface area contributed by atoms with Crippen molar-refractivity contribution < 1.29 is 26.0 Å². The van der Waals surface area contributed by atoms with Gasteiger partial charge < -0.3 is 14.2 Å². The van der Waals surface area contributed by atoms with Gasteiger partial charge in [-0.25, -0.2) is 0 Å². The molecular weight excluding hydrogens is 315 g/mol. The number of pyridine rings is 1. The Morgan fingerprint density at radius 1 is 1.50 bits per heavy atom. The molecule has 9 heteroatoms. The molecule has 0 radical (unpaired) electrons. The summed E-state index contributed by atoms with van der Waals surface area (Å²) in [6, 6.07) is 1.05. The molecule has 0 bridgehead atoms. The lowest BCUT2D eigenvalue weighted by Crippen LogP contribution is -2.45. The van der Waals surface area contributed by atoms with Crippen molar-refractivity contribution in [1.82, 2.24) is 10.3 Å². The van der Waals surface area contributed by atoms with Crippen molar-refractivity contribution in [3.05, 3.63) is 24.0 Å². The van der Waals surface area contributed by atoms with E-state index < -0.39 is 16.4 Å². The van der Waals surface area contributed by atoms with Gasteiger partial charge in [-0.15, -0.1) is 0 Å². The summed E-state index contributed by atoms with van der Waals surface area (Å²) < 4.78 is 43.0. The average Bonchev–Trinajstić information content (AvgIpc) is 2.35. The van der Waals surface area contributed by atoms with E-state index in [2.05, 4.69) is 14.5 Å². The van der Waals surface area contributed by atoms with Gasteiger partial charge in [-0.05, 0) is 32.8 Å². The van der Waals surface area contributed by atoms with Crippen LogP contribution in [-0.4, -0.2) is 37.6 Å². The second-order valence-electron chi connectivity index (χ2n) is 5.66. The van der Waals surface area contributed by atoms with Crippen molar-refractivity contribution >= 4 is 16.4 Å². The number of amides is 1. The number of aromatic nitrogens is 1. The second kappa shape index (κ2) is 6.17. The summed E-state index contributed by atoms with van der Waals surface area (Å²) in [7, 11) is -5.15. The van der Waals surface area contributed by atoms with Gasteiger partial charge in [0.25, 0.3) is 5.91 Å². The van der Waals surface area contributed by atoms with Gasteiger partial charge in [-0.2, -0.15) is 8.42 Å². The highest BCUT2D eigenvalue weighted by atomic mass is 32.3. The highest BCUT2D eigenvalue weighted by Gasteiger charge is 2.29. The lowest BCUT2D eigenvalue weighted by Gasteiger charge is -2.35. The smallest absolute Gasteiger partial charge is 0.375 e. The van der Waals surface area contributed by atoms with E-state index in [-0.39, 0.29) is 23.0 Å². The van der Waals surface area contributed by atoms with E-state index in [1.807, 2.05) is 13.8 Å². The monoisotopic (exact) mass is 332 g/mol. The summed E-state index contributed by atoms with van der Waals surface area (Å²) in [5.74, 6) is -0.792. The van der Waals surface area contributed by atoms with Crippen LogP contribution in [0.15, 0.2) is 18.5 Å². The molecule has 1 amide bonds. The SMILES string of the molecule is CC1(C)CC(NC(=O)c2cncc(OS(=O)(=O)F)c2)CCO1. The van der Waals surface area contributed by atoms with Crippen LogP contribution in [0.5, 0.6) is 5.75 Å². The maximum Gasteiger partial charge on any atom is 0.488 e. The topological polar surface area (TPSA) is 94.6 Å². The van der Waals surface area contributed by atoms with Crippen LogP contribution in [0.1, 0.15) is 37.0 Å². The average molecular weight is 332 g/mol. The number of carbonyl (C=O) groups is 1. The molecule has 2 heterocycles. The number of nitrogens with zero attached hydrogens (tertiary/aromatic N) is 1. The maximum atomic E-state index is 12.5. The minimum absolute atomic E-state index is 0.0641. The molecule has 1 aromatic heterocycles. The third-order valence-electron chi connectivity index (χ3n) is 3.20. The van der Waals surface area contributed by atoms with Gasteiger partial charge in [0.1, 0.15) is 0 Å². The Bertz CT molecular complexity index is 662. The van der Waals surface area contributed by atoms with E-state index in [1.54, 1.807) is 0 Å². The minimum atomic E-state index is -5.15. The highest BCUT2D eigenvalue weighted by Crippen LogP contribution is 2.24. The van der Waals surface area contributed by atoms with Crippen molar-refractivity contribution in [1.29, 1.82) is 0 Å². The van der Waals surface area contributed by atoms with Crippen LogP contribution < -0.4 is 9.50 Å². The molecule has 1 unspecified atom stereocenters. The van der Waals surface area contributed by atoms with Gasteiger partial charge in [0.2, 0.25) is 0 Å². The van der Waals surface area contributed by atoms with Crippen molar-refractivity contribution in [2.75, 3.05) is 6.61 Å². The molecule has 2 rings (SSSR count). The Morgan fingerprint density at radius 3 is 2.86 bits per heavy atom. The van der Waals surface area contributed by atoms with Crippen LogP contribution in [0.2, 0.25) is 0 Å². The number of carbonyl (C=O) groups excluding carboxylic acids is 1. The summed E-state index contributed by atoms with van der Waals surface area (Å²) in [5, 5.41) is 2.82. The van der Waals surface area contributed by atoms with Gasteiger partial charge in [-0.1, -0.05) is 3.89 Å². The minimum Gasteiger partial charge on any atom is -0.375 e. The predicted octanol–water partition coefficient (Wildman–Crippen LogP) is 1.36. The highest BCUT2D eigenvalue weighted by molar-refractivity contribution is 7.81. The third kappa shape index (κ3) is 4.92. The van der Waals surface area contributed by atoms with Crippen molar-refractivity contribution in [3.8, 4) is 5.75 Å². The predicted molar refractivity (Wildman–Crippen MR) is 75.4 cm³/mol. The maximum absolute atomic E-state index is 12.5. The molecule has 7 nitrogen and oxygen atoms in total. The molecule has 1 fully saturated rings. The first-order chi connectivity index (χ1) is 10.1. The van der Waals surface area contributed by atoms with E-state index in [1.165, 1.54) is 6.20 Å². The molecule has 1 N–H and O–H groups in total. The Morgan fingerprint density at radius 2 is 2.23 bits per heavy atom. The van der Waals surface area contributed by atoms with Gasteiger partial charge in [0.15, 0.2) is 5.75 Å². The second-order valence-corrected chi connectivity index (χ2v) is 6.61. The standard InChI is InChI=1S/C13H17FN2O5S/c1-13(2)6-10(3-4-20-13)16-12(17)9-5-11(8-15-7-9)21-22(14,18)19/h5,7-8,10H,3-4,6H2,1-2H3,(H,16,17). The van der Waals surface area contributed by atoms with Gasteiger partial charge in [0.05, 0.1) is 17.4 Å². The summed E-state index contributed by atoms with van der Waals surface area (Å²) in [6.07, 6.45) is 3.59. The Hall–Kier alpha value is -1.74. The number of rotatable bonds is 4. The first kappa shape index (κ1) is 16.6. The number of hydrogen-bond acceptors (Lipinski definition) is 6. The van der Waals surface area contributed by atoms with Crippen LogP contribution in [0.25, 0.3) is 0 Å². The Balaban J connectivity index is 2.05. The first-order valence-corrected chi connectivity index (χ1v) is 7.99. The van der Waals surface area contributed by atoms with E-state index in [0.29, 0.717) is 19.4 Å². The van der Waals surface area contributed by atoms with Crippen LogP contribution in [0, 0.1) is 0 Å². The van der Waals surface area contributed by atoms with E-state index in [9.17, 15) is 17.1 Å². The molecule has 1 saturated heterocycles. The normalized spacial score (nSPS) is 21.1. The van der Waals surface area contributed by atoms with Crippen molar-refractivity contribution in [2.45, 2.75) is 38.3 Å². The molecule has 1 aliphatic rings. The molecule has 0 spiro atoms. The number of halogens is 1. The largest absolute Gasteiger partial charge is 0.488 e. The Labute approximate surface area is 128 Å². The van der Waals surface area contributed by atoms with Crippen LogP contribution in [-0.2, 0) is 15.2 Å². The molecule has 22 heavy (non-hydrogen) atoms. The molecule has 122 valence electrons. The fourth-order valence-corrected chi connectivity index (χ4v) is 2.65. The molecule has 1 aromatic rings. The first-order valence-electron chi connectivity index (χ1n) is 6.69. The quantitative estimate of drug-likeness (QED) is 0.837.